The van der Waals surface area contributed by atoms with Crippen molar-refractivity contribution in [3.63, 3.8) is 0 Å². The SMILES string of the molecule is CON(C)C(=O)N(C)c1nc2c(s1)C(=O)C(C)C(C)(C)C2. The van der Waals surface area contributed by atoms with E-state index >= 15 is 0 Å². The van der Waals surface area contributed by atoms with Crippen molar-refractivity contribution in [3.05, 3.63) is 10.6 Å². The molecular weight excluding hydrogens is 290 g/mol. The number of nitrogens with zero attached hydrogens (tertiary/aromatic N) is 3. The fourth-order valence-electron chi connectivity index (χ4n) is 2.30. The van der Waals surface area contributed by atoms with Crippen molar-refractivity contribution < 1.29 is 14.4 Å². The van der Waals surface area contributed by atoms with Crippen LogP contribution in [0.1, 0.15) is 36.1 Å². The summed E-state index contributed by atoms with van der Waals surface area (Å²) in [5, 5.41) is 1.64. The lowest BCUT2D eigenvalue weighted by molar-refractivity contribution is -0.0618. The van der Waals surface area contributed by atoms with Gasteiger partial charge in [0.1, 0.15) is 0 Å². The van der Waals surface area contributed by atoms with Crippen LogP contribution in [-0.4, -0.2) is 43.1 Å². The molecule has 0 N–H and O–H groups in total. The molecular formula is C14H21N3O3S. The molecule has 1 aromatic heterocycles. The normalized spacial score (nSPS) is 20.1. The average Bonchev–Trinajstić information content (AvgIpc) is 2.85. The van der Waals surface area contributed by atoms with Crippen LogP contribution in [0.4, 0.5) is 9.93 Å². The van der Waals surface area contributed by atoms with Gasteiger partial charge in [0.15, 0.2) is 10.9 Å². The number of Topliss-reactive ketones (excluding diaryl/α,β-unsaturated/α-hetero) is 1. The van der Waals surface area contributed by atoms with E-state index in [2.05, 4.69) is 18.8 Å². The number of anilines is 1. The molecule has 1 aromatic rings. The first-order chi connectivity index (χ1) is 9.69. The molecule has 0 spiro atoms. The molecule has 1 unspecified atom stereocenters. The first kappa shape index (κ1) is 15.9. The number of thiazole rings is 1. The molecule has 1 aliphatic rings. The van der Waals surface area contributed by atoms with Gasteiger partial charge in [0.2, 0.25) is 0 Å². The largest absolute Gasteiger partial charge is 0.349 e. The lowest BCUT2D eigenvalue weighted by Gasteiger charge is -2.33. The minimum absolute atomic E-state index is 0.0408. The number of carbonyl (C=O) groups is 2. The van der Waals surface area contributed by atoms with Gasteiger partial charge in [-0.2, -0.15) is 0 Å². The second-order valence-electron chi connectivity index (χ2n) is 6.05. The van der Waals surface area contributed by atoms with E-state index in [1.165, 1.54) is 30.4 Å². The van der Waals surface area contributed by atoms with Crippen LogP contribution in [0.15, 0.2) is 0 Å². The van der Waals surface area contributed by atoms with Gasteiger partial charge in [0.05, 0.1) is 17.7 Å². The van der Waals surface area contributed by atoms with Gasteiger partial charge in [0.25, 0.3) is 0 Å². The van der Waals surface area contributed by atoms with Crippen molar-refractivity contribution in [3.8, 4) is 0 Å². The van der Waals surface area contributed by atoms with Gasteiger partial charge < -0.3 is 0 Å². The molecule has 0 saturated carbocycles. The predicted molar refractivity (Wildman–Crippen MR) is 81.7 cm³/mol. The van der Waals surface area contributed by atoms with E-state index in [-0.39, 0.29) is 23.1 Å². The van der Waals surface area contributed by atoms with E-state index in [0.29, 0.717) is 10.0 Å². The van der Waals surface area contributed by atoms with Gasteiger partial charge in [-0.1, -0.05) is 32.1 Å². The van der Waals surface area contributed by atoms with Gasteiger partial charge in [-0.25, -0.2) is 14.8 Å². The molecule has 6 nitrogen and oxygen atoms in total. The number of hydrogen-bond donors (Lipinski definition) is 0. The highest BCUT2D eigenvalue weighted by Crippen LogP contribution is 2.42. The van der Waals surface area contributed by atoms with Crippen LogP contribution in [0, 0.1) is 11.3 Å². The Morgan fingerprint density at radius 2 is 2.05 bits per heavy atom. The molecule has 2 amide bonds. The number of fused-ring (bicyclic) bond motifs is 1. The van der Waals surface area contributed by atoms with E-state index in [4.69, 9.17) is 4.84 Å². The van der Waals surface area contributed by atoms with Crippen LogP contribution >= 0.6 is 11.3 Å². The van der Waals surface area contributed by atoms with Crippen LogP contribution in [-0.2, 0) is 11.3 Å². The highest BCUT2D eigenvalue weighted by atomic mass is 32.1. The third-order valence-electron chi connectivity index (χ3n) is 4.22. The van der Waals surface area contributed by atoms with Crippen molar-refractivity contribution >= 4 is 28.3 Å². The number of hydrogen-bond acceptors (Lipinski definition) is 5. The molecule has 0 fully saturated rings. The van der Waals surface area contributed by atoms with Crippen LogP contribution < -0.4 is 4.90 Å². The van der Waals surface area contributed by atoms with Crippen molar-refractivity contribution in [1.82, 2.24) is 10.0 Å². The molecule has 21 heavy (non-hydrogen) atoms. The topological polar surface area (TPSA) is 62.7 Å². The minimum atomic E-state index is -0.330. The highest BCUT2D eigenvalue weighted by molar-refractivity contribution is 7.17. The summed E-state index contributed by atoms with van der Waals surface area (Å²) in [7, 11) is 4.58. The van der Waals surface area contributed by atoms with Gasteiger partial charge in [-0.15, -0.1) is 0 Å². The Labute approximate surface area is 128 Å². The van der Waals surface area contributed by atoms with Gasteiger partial charge in [-0.3, -0.25) is 14.5 Å². The molecule has 1 atom stereocenters. The third-order valence-corrected chi connectivity index (χ3v) is 5.40. The van der Waals surface area contributed by atoms with Crippen LogP contribution in [0.5, 0.6) is 0 Å². The Kier molecular flexibility index (Phi) is 4.08. The Morgan fingerprint density at radius 3 is 2.62 bits per heavy atom. The van der Waals surface area contributed by atoms with E-state index in [1.54, 1.807) is 7.05 Å². The third kappa shape index (κ3) is 2.67. The number of urea groups is 1. The molecule has 0 radical (unpaired) electrons. The molecule has 0 aliphatic heterocycles. The fourth-order valence-corrected chi connectivity index (χ4v) is 3.37. The summed E-state index contributed by atoms with van der Waals surface area (Å²) in [6.45, 7) is 6.11. The number of ketones is 1. The second kappa shape index (κ2) is 5.38. The summed E-state index contributed by atoms with van der Waals surface area (Å²) >= 11 is 1.27. The quantitative estimate of drug-likeness (QED) is 0.788. The van der Waals surface area contributed by atoms with E-state index in [1.807, 2.05) is 6.92 Å². The molecule has 1 aliphatic carbocycles. The van der Waals surface area contributed by atoms with Crippen molar-refractivity contribution in [2.75, 3.05) is 26.1 Å². The number of rotatable bonds is 2. The second-order valence-corrected chi connectivity index (χ2v) is 7.02. The summed E-state index contributed by atoms with van der Waals surface area (Å²) in [6.07, 6.45) is 0.744. The standard InChI is InChI=1S/C14H21N3O3S/c1-8-10(18)11-9(7-14(8,2)3)15-12(21-11)16(4)13(19)17(5)20-6/h8H,7H2,1-6H3. The number of aromatic nitrogens is 1. The maximum absolute atomic E-state index is 12.5. The lowest BCUT2D eigenvalue weighted by atomic mass is 9.70. The zero-order valence-corrected chi connectivity index (χ0v) is 14.1. The molecule has 2 rings (SSSR count). The van der Waals surface area contributed by atoms with Crippen molar-refractivity contribution in [2.45, 2.75) is 27.2 Å². The van der Waals surface area contributed by atoms with E-state index in [9.17, 15) is 9.59 Å². The Bertz CT molecular complexity index is 582. The summed E-state index contributed by atoms with van der Waals surface area (Å²) in [5.74, 6) is 0.0758. The fraction of sp³-hybridized carbons (Fsp3) is 0.643. The first-order valence-corrected chi connectivity index (χ1v) is 7.60. The summed E-state index contributed by atoms with van der Waals surface area (Å²) in [5.41, 5.74) is 0.684. The highest BCUT2D eigenvalue weighted by Gasteiger charge is 2.41. The van der Waals surface area contributed by atoms with Crippen LogP contribution in [0.25, 0.3) is 0 Å². The monoisotopic (exact) mass is 311 g/mol. The Morgan fingerprint density at radius 1 is 1.43 bits per heavy atom. The van der Waals surface area contributed by atoms with Gasteiger partial charge in [0, 0.05) is 20.0 Å². The van der Waals surface area contributed by atoms with Gasteiger partial charge in [-0.05, 0) is 11.8 Å². The smallest absolute Gasteiger partial charge is 0.293 e. The summed E-state index contributed by atoms with van der Waals surface area (Å²) in [6, 6.07) is -0.330. The molecule has 7 heteroatoms. The predicted octanol–water partition coefficient (Wildman–Crippen LogP) is 2.59. The van der Waals surface area contributed by atoms with Crippen molar-refractivity contribution in [2.24, 2.45) is 11.3 Å². The van der Waals surface area contributed by atoms with Gasteiger partial charge >= 0.3 is 6.03 Å². The molecule has 116 valence electrons. The van der Waals surface area contributed by atoms with E-state index < -0.39 is 0 Å². The van der Waals surface area contributed by atoms with Crippen molar-refractivity contribution in [1.29, 1.82) is 0 Å². The molecule has 1 heterocycles. The summed E-state index contributed by atoms with van der Waals surface area (Å²) < 4.78 is 0. The maximum atomic E-state index is 12.5. The Hall–Kier alpha value is -1.47. The minimum Gasteiger partial charge on any atom is -0.293 e. The van der Waals surface area contributed by atoms with E-state index in [0.717, 1.165) is 17.2 Å². The molecule has 0 bridgehead atoms. The molecule has 0 aromatic carbocycles. The van der Waals surface area contributed by atoms with Crippen LogP contribution in [0.3, 0.4) is 0 Å². The zero-order valence-electron chi connectivity index (χ0n) is 13.3. The lowest BCUT2D eigenvalue weighted by Crippen LogP contribution is -2.38. The zero-order chi connectivity index (χ0) is 15.9. The molecule has 0 saturated heterocycles. The number of hydroxylamine groups is 2. The Balaban J connectivity index is 2.34. The number of carbonyl (C=O) groups excluding carboxylic acids is 2. The number of amides is 2. The summed E-state index contributed by atoms with van der Waals surface area (Å²) in [4.78, 5) is 36.0. The van der Waals surface area contributed by atoms with Crippen LogP contribution in [0.2, 0.25) is 0 Å². The first-order valence-electron chi connectivity index (χ1n) is 6.78. The average molecular weight is 311 g/mol. The maximum Gasteiger partial charge on any atom is 0.349 e.